The minimum atomic E-state index is -3.75. The van der Waals surface area contributed by atoms with Gasteiger partial charge in [-0.15, -0.1) is 11.8 Å². The van der Waals surface area contributed by atoms with E-state index in [9.17, 15) is 18.0 Å². The monoisotopic (exact) mass is 500 g/mol. The second kappa shape index (κ2) is 9.65. The molecule has 0 saturated carbocycles. The van der Waals surface area contributed by atoms with Gasteiger partial charge in [0.2, 0.25) is 5.91 Å². The molecule has 2 unspecified atom stereocenters. The summed E-state index contributed by atoms with van der Waals surface area (Å²) in [6.07, 6.45) is 1.67. The molecular weight excluding hydrogens is 476 g/mol. The van der Waals surface area contributed by atoms with Crippen LogP contribution >= 0.6 is 11.8 Å². The molecule has 1 fully saturated rings. The van der Waals surface area contributed by atoms with Gasteiger partial charge in [-0.3, -0.25) is 9.69 Å². The molecule has 8 nitrogen and oxygen atoms in total. The maximum absolute atomic E-state index is 13.6. The lowest BCUT2D eigenvalue weighted by molar-refractivity contribution is -0.153. The van der Waals surface area contributed by atoms with Crippen molar-refractivity contribution in [3.63, 3.8) is 0 Å². The van der Waals surface area contributed by atoms with Gasteiger partial charge in [-0.1, -0.05) is 60.7 Å². The highest BCUT2D eigenvalue weighted by molar-refractivity contribution is 8.00. The molecule has 2 atom stereocenters. The molecule has 2 aliphatic heterocycles. The van der Waals surface area contributed by atoms with Crippen molar-refractivity contribution in [2.24, 2.45) is 5.73 Å². The summed E-state index contributed by atoms with van der Waals surface area (Å²) in [6.45, 7) is 1.47. The predicted octanol–water partition coefficient (Wildman–Crippen LogP) is 2.70. The first-order valence-corrected chi connectivity index (χ1v) is 13.3. The van der Waals surface area contributed by atoms with Crippen molar-refractivity contribution in [1.82, 2.24) is 4.90 Å². The van der Waals surface area contributed by atoms with Crippen LogP contribution in [0.15, 0.2) is 83.8 Å². The van der Waals surface area contributed by atoms with E-state index in [4.69, 9.17) is 14.7 Å². The summed E-state index contributed by atoms with van der Waals surface area (Å²) in [6, 6.07) is 17.8. The molecule has 2 aliphatic rings. The molecule has 178 valence electrons. The Morgan fingerprint density at radius 2 is 1.68 bits per heavy atom. The highest BCUT2D eigenvalue weighted by atomic mass is 32.2. The van der Waals surface area contributed by atoms with Crippen molar-refractivity contribution >= 4 is 33.8 Å². The summed E-state index contributed by atoms with van der Waals surface area (Å²) < 4.78 is 34.0. The SMILES string of the molecule is C/C(=C\C1=C(C(=O)OC(c2ccccc2)c2ccccc2)N2C(=O)C(N)C2SC1)OS(C)(=O)=O. The number of thioether (sulfide) groups is 1. The Hall–Kier alpha value is -3.08. The smallest absolute Gasteiger partial charge is 0.356 e. The summed E-state index contributed by atoms with van der Waals surface area (Å²) in [5, 5.41) is -0.393. The summed E-state index contributed by atoms with van der Waals surface area (Å²) in [4.78, 5) is 27.5. The van der Waals surface area contributed by atoms with E-state index in [-0.39, 0.29) is 11.5 Å². The molecule has 2 N–H and O–H groups in total. The highest BCUT2D eigenvalue weighted by Crippen LogP contribution is 2.41. The zero-order valence-corrected chi connectivity index (χ0v) is 20.2. The van der Waals surface area contributed by atoms with Gasteiger partial charge in [-0.2, -0.15) is 8.42 Å². The predicted molar refractivity (Wildman–Crippen MR) is 129 cm³/mol. The molecule has 2 aromatic carbocycles. The van der Waals surface area contributed by atoms with E-state index < -0.39 is 39.5 Å². The van der Waals surface area contributed by atoms with Crippen LogP contribution in [0, 0.1) is 0 Å². The van der Waals surface area contributed by atoms with Gasteiger partial charge in [0, 0.05) is 5.75 Å². The average Bonchev–Trinajstić information content (AvgIpc) is 2.81. The zero-order chi connectivity index (χ0) is 24.5. The van der Waals surface area contributed by atoms with Gasteiger partial charge in [-0.25, -0.2) is 4.79 Å². The molecule has 0 aromatic heterocycles. The van der Waals surface area contributed by atoms with E-state index >= 15 is 0 Å². The first-order chi connectivity index (χ1) is 16.2. The lowest BCUT2D eigenvalue weighted by atomic mass is 10.0. The van der Waals surface area contributed by atoms with Crippen LogP contribution in [0.1, 0.15) is 24.2 Å². The number of nitrogens with two attached hydrogens (primary N) is 1. The van der Waals surface area contributed by atoms with Gasteiger partial charge < -0.3 is 14.7 Å². The number of β-lactam (4-membered cyclic amide) rings is 1. The van der Waals surface area contributed by atoms with Crippen LogP contribution in [0.25, 0.3) is 0 Å². The minimum Gasteiger partial charge on any atom is -0.448 e. The van der Waals surface area contributed by atoms with Crippen molar-refractivity contribution in [1.29, 1.82) is 0 Å². The number of hydrogen-bond acceptors (Lipinski definition) is 8. The molecular formula is C24H24N2O6S2. The zero-order valence-electron chi connectivity index (χ0n) is 18.6. The van der Waals surface area contributed by atoms with Crippen LogP contribution in [0.4, 0.5) is 0 Å². The molecule has 0 aliphatic carbocycles. The molecule has 0 spiro atoms. The van der Waals surface area contributed by atoms with Crippen molar-refractivity contribution in [3.8, 4) is 0 Å². The van der Waals surface area contributed by atoms with E-state index in [0.29, 0.717) is 11.3 Å². The molecule has 1 amide bonds. The number of hydrogen-bond donors (Lipinski definition) is 1. The third kappa shape index (κ3) is 5.03. The maximum atomic E-state index is 13.6. The number of amides is 1. The molecule has 34 heavy (non-hydrogen) atoms. The van der Waals surface area contributed by atoms with Crippen LogP contribution in [0.2, 0.25) is 0 Å². The number of ether oxygens (including phenoxy) is 1. The van der Waals surface area contributed by atoms with Crippen molar-refractivity contribution < 1.29 is 26.9 Å². The normalized spacial score (nSPS) is 20.6. The molecule has 2 heterocycles. The number of carbonyl (C=O) groups is 2. The lowest BCUT2D eigenvalue weighted by Gasteiger charge is -2.48. The van der Waals surface area contributed by atoms with Crippen LogP contribution < -0.4 is 5.73 Å². The number of allylic oxidation sites excluding steroid dienone is 2. The Morgan fingerprint density at radius 3 is 2.21 bits per heavy atom. The largest absolute Gasteiger partial charge is 0.448 e. The second-order valence-electron chi connectivity index (χ2n) is 7.96. The summed E-state index contributed by atoms with van der Waals surface area (Å²) in [5.41, 5.74) is 7.95. The van der Waals surface area contributed by atoms with E-state index in [1.807, 2.05) is 60.7 Å². The first kappa shape index (κ1) is 24.1. The van der Waals surface area contributed by atoms with Crippen LogP contribution in [0.3, 0.4) is 0 Å². The molecule has 0 radical (unpaired) electrons. The van der Waals surface area contributed by atoms with Gasteiger partial charge in [0.25, 0.3) is 0 Å². The van der Waals surface area contributed by atoms with Crippen molar-refractivity contribution in [2.45, 2.75) is 24.4 Å². The number of fused-ring (bicyclic) bond motifs is 1. The molecule has 4 rings (SSSR count). The fourth-order valence-corrected chi connectivity index (χ4v) is 5.67. The fraction of sp³-hybridized carbons (Fsp3) is 0.250. The molecule has 0 bridgehead atoms. The quantitative estimate of drug-likeness (QED) is 0.267. The van der Waals surface area contributed by atoms with Gasteiger partial charge in [0.05, 0.1) is 6.26 Å². The van der Waals surface area contributed by atoms with Crippen LogP contribution in [0.5, 0.6) is 0 Å². The number of benzene rings is 2. The molecule has 2 aromatic rings. The number of esters is 1. The van der Waals surface area contributed by atoms with E-state index in [1.165, 1.54) is 29.7 Å². The number of carbonyl (C=O) groups excluding carboxylic acids is 2. The van der Waals surface area contributed by atoms with Gasteiger partial charge in [-0.05, 0) is 29.7 Å². The number of nitrogens with zero attached hydrogens (tertiary/aromatic N) is 1. The fourth-order valence-electron chi connectivity index (χ4n) is 3.90. The van der Waals surface area contributed by atoms with Gasteiger partial charge in [0.15, 0.2) is 6.10 Å². The highest BCUT2D eigenvalue weighted by Gasteiger charge is 2.52. The summed E-state index contributed by atoms with van der Waals surface area (Å²) in [7, 11) is -3.75. The third-order valence-electron chi connectivity index (χ3n) is 5.32. The summed E-state index contributed by atoms with van der Waals surface area (Å²) >= 11 is 1.39. The third-order valence-corrected chi connectivity index (χ3v) is 7.21. The average molecular weight is 501 g/mol. The standard InChI is InChI=1S/C24H24N2O6S2/c1-15(32-34(2,29)30)13-18-14-33-23-19(25)22(27)26(23)20(18)24(28)31-21(16-9-5-3-6-10-16)17-11-7-4-8-12-17/h3-13,19,21,23H,14,25H2,1-2H3/b15-13+. The Morgan fingerprint density at radius 1 is 1.12 bits per heavy atom. The lowest BCUT2D eigenvalue weighted by Crippen LogP contribution is -2.68. The van der Waals surface area contributed by atoms with Gasteiger partial charge in [0.1, 0.15) is 22.9 Å². The topological polar surface area (TPSA) is 116 Å². The van der Waals surface area contributed by atoms with Crippen LogP contribution in [-0.4, -0.2) is 48.6 Å². The maximum Gasteiger partial charge on any atom is 0.356 e. The van der Waals surface area contributed by atoms with Gasteiger partial charge >= 0.3 is 16.1 Å². The van der Waals surface area contributed by atoms with Crippen LogP contribution in [-0.2, 0) is 28.6 Å². The van der Waals surface area contributed by atoms with Crippen molar-refractivity contribution in [3.05, 3.63) is 94.9 Å². The number of rotatable bonds is 7. The van der Waals surface area contributed by atoms with E-state index in [2.05, 4.69) is 0 Å². The van der Waals surface area contributed by atoms with E-state index in [0.717, 1.165) is 17.4 Å². The Kier molecular flexibility index (Phi) is 6.83. The Bertz CT molecular complexity index is 1220. The van der Waals surface area contributed by atoms with E-state index in [1.54, 1.807) is 0 Å². The second-order valence-corrected chi connectivity index (χ2v) is 10.6. The first-order valence-electron chi connectivity index (χ1n) is 10.5. The summed E-state index contributed by atoms with van der Waals surface area (Å²) in [5.74, 6) is -0.700. The molecule has 10 heteroatoms. The molecule has 1 saturated heterocycles. The Labute approximate surface area is 202 Å². The van der Waals surface area contributed by atoms with Crippen molar-refractivity contribution in [2.75, 3.05) is 12.0 Å². The minimum absolute atomic E-state index is 0.0452. The Balaban J connectivity index is 1.74.